The first-order chi connectivity index (χ1) is 9.60. The zero-order valence-electron chi connectivity index (χ0n) is 11.1. The summed E-state index contributed by atoms with van der Waals surface area (Å²) in [6.07, 6.45) is 0.358. The number of ether oxygens (including phenoxy) is 1. The van der Waals surface area contributed by atoms with E-state index in [1.54, 1.807) is 19.2 Å². The number of halogens is 2. The minimum absolute atomic E-state index is 0.335. The Kier molecular flexibility index (Phi) is 5.15. The van der Waals surface area contributed by atoms with E-state index < -0.39 is 6.10 Å². The lowest BCUT2D eigenvalue weighted by molar-refractivity contribution is 0.163. The maximum absolute atomic E-state index is 13.7. The van der Waals surface area contributed by atoms with Gasteiger partial charge in [-0.3, -0.25) is 0 Å². The minimum atomic E-state index is -0.801. The summed E-state index contributed by atoms with van der Waals surface area (Å²) in [6.45, 7) is 0. The Hall–Kier alpha value is -1.39. The minimum Gasteiger partial charge on any atom is -0.497 e. The van der Waals surface area contributed by atoms with Gasteiger partial charge in [-0.15, -0.1) is 0 Å². The van der Waals surface area contributed by atoms with Gasteiger partial charge >= 0.3 is 0 Å². The van der Waals surface area contributed by atoms with Crippen molar-refractivity contribution in [1.82, 2.24) is 0 Å². The van der Waals surface area contributed by atoms with E-state index in [1.807, 2.05) is 24.3 Å². The highest BCUT2D eigenvalue weighted by molar-refractivity contribution is 9.10. The summed E-state index contributed by atoms with van der Waals surface area (Å²) in [7, 11) is 1.62. The molecule has 0 bridgehead atoms. The van der Waals surface area contributed by atoms with Crippen LogP contribution in [0.5, 0.6) is 5.75 Å². The molecule has 0 spiro atoms. The quantitative estimate of drug-likeness (QED) is 0.882. The smallest absolute Gasteiger partial charge is 0.130 e. The number of hydrogen-bond donors (Lipinski definition) is 1. The molecule has 20 heavy (non-hydrogen) atoms. The van der Waals surface area contributed by atoms with Crippen LogP contribution in [0.15, 0.2) is 46.9 Å². The predicted molar refractivity (Wildman–Crippen MR) is 80.4 cm³/mol. The molecule has 0 saturated carbocycles. The number of hydrogen-bond acceptors (Lipinski definition) is 2. The van der Waals surface area contributed by atoms with Gasteiger partial charge in [0.25, 0.3) is 0 Å². The maximum atomic E-state index is 13.7. The highest BCUT2D eigenvalue weighted by Crippen LogP contribution is 2.24. The zero-order valence-corrected chi connectivity index (χ0v) is 12.7. The summed E-state index contributed by atoms with van der Waals surface area (Å²) in [4.78, 5) is 0. The van der Waals surface area contributed by atoms with Crippen molar-refractivity contribution < 1.29 is 14.2 Å². The fraction of sp³-hybridized carbons (Fsp3) is 0.250. The number of aliphatic hydroxyl groups is 1. The third-order valence-electron chi connectivity index (χ3n) is 3.19. The van der Waals surface area contributed by atoms with Crippen LogP contribution in [-0.4, -0.2) is 12.2 Å². The Bertz CT molecular complexity index is 569. The second-order valence-corrected chi connectivity index (χ2v) is 5.48. The lowest BCUT2D eigenvalue weighted by Gasteiger charge is -2.12. The van der Waals surface area contributed by atoms with Gasteiger partial charge in [-0.2, -0.15) is 0 Å². The van der Waals surface area contributed by atoms with Crippen LogP contribution in [0.2, 0.25) is 0 Å². The molecular formula is C16H16BrFO2. The van der Waals surface area contributed by atoms with Crippen molar-refractivity contribution in [2.45, 2.75) is 18.9 Å². The summed E-state index contributed by atoms with van der Waals surface area (Å²) >= 11 is 3.20. The molecule has 1 N–H and O–H groups in total. The van der Waals surface area contributed by atoms with Crippen molar-refractivity contribution in [1.29, 1.82) is 0 Å². The number of aliphatic hydroxyl groups excluding tert-OH is 1. The Labute approximate surface area is 126 Å². The first-order valence-electron chi connectivity index (χ1n) is 6.36. The number of aryl methyl sites for hydroxylation is 1. The van der Waals surface area contributed by atoms with Crippen LogP contribution in [-0.2, 0) is 6.42 Å². The summed E-state index contributed by atoms with van der Waals surface area (Å²) in [5.41, 5.74) is 1.42. The Morgan fingerprint density at radius 2 is 1.90 bits per heavy atom. The molecule has 0 aliphatic heterocycles. The van der Waals surface area contributed by atoms with E-state index in [-0.39, 0.29) is 5.82 Å². The van der Waals surface area contributed by atoms with Gasteiger partial charge in [0.15, 0.2) is 0 Å². The van der Waals surface area contributed by atoms with Gasteiger partial charge in [-0.05, 0) is 42.7 Å². The fourth-order valence-electron chi connectivity index (χ4n) is 2.02. The molecule has 0 aliphatic carbocycles. The van der Waals surface area contributed by atoms with Crippen molar-refractivity contribution in [2.75, 3.05) is 7.11 Å². The maximum Gasteiger partial charge on any atom is 0.130 e. The topological polar surface area (TPSA) is 29.5 Å². The highest BCUT2D eigenvalue weighted by atomic mass is 79.9. The van der Waals surface area contributed by atoms with E-state index in [4.69, 9.17) is 4.74 Å². The summed E-state index contributed by atoms with van der Waals surface area (Å²) in [6, 6.07) is 12.4. The summed E-state index contributed by atoms with van der Waals surface area (Å²) < 4.78 is 19.5. The van der Waals surface area contributed by atoms with Crippen molar-refractivity contribution >= 4 is 15.9 Å². The lowest BCUT2D eigenvalue weighted by atomic mass is 10.0. The van der Waals surface area contributed by atoms with Crippen molar-refractivity contribution in [3.8, 4) is 5.75 Å². The molecule has 0 aliphatic rings. The van der Waals surface area contributed by atoms with Gasteiger partial charge < -0.3 is 9.84 Å². The van der Waals surface area contributed by atoms with Crippen LogP contribution in [0.25, 0.3) is 0 Å². The van der Waals surface area contributed by atoms with Crippen LogP contribution in [0.4, 0.5) is 4.39 Å². The summed E-state index contributed by atoms with van der Waals surface area (Å²) in [5.74, 6) is 0.412. The van der Waals surface area contributed by atoms with Crippen LogP contribution >= 0.6 is 15.9 Å². The van der Waals surface area contributed by atoms with Gasteiger partial charge in [0.2, 0.25) is 0 Å². The molecule has 106 valence electrons. The lowest BCUT2D eigenvalue weighted by Crippen LogP contribution is -2.02. The van der Waals surface area contributed by atoms with Crippen LogP contribution in [0.1, 0.15) is 23.7 Å². The zero-order chi connectivity index (χ0) is 14.5. The molecule has 0 heterocycles. The third-order valence-corrected chi connectivity index (χ3v) is 3.68. The second-order valence-electron chi connectivity index (χ2n) is 4.57. The van der Waals surface area contributed by atoms with E-state index in [1.165, 1.54) is 6.07 Å². The highest BCUT2D eigenvalue weighted by Gasteiger charge is 2.13. The molecule has 0 radical (unpaired) electrons. The molecule has 4 heteroatoms. The molecule has 1 unspecified atom stereocenters. The Balaban J connectivity index is 1.98. The molecule has 2 aromatic carbocycles. The second kappa shape index (κ2) is 6.86. The van der Waals surface area contributed by atoms with Gasteiger partial charge in [0, 0.05) is 10.0 Å². The van der Waals surface area contributed by atoms with Gasteiger partial charge in [0.05, 0.1) is 13.2 Å². The molecule has 0 fully saturated rings. The van der Waals surface area contributed by atoms with Gasteiger partial charge in [-0.1, -0.05) is 34.1 Å². The molecule has 2 aromatic rings. The average Bonchev–Trinajstić information content (AvgIpc) is 2.45. The van der Waals surface area contributed by atoms with Crippen molar-refractivity contribution in [2.24, 2.45) is 0 Å². The SMILES string of the molecule is COc1ccc(CCC(O)c2ccc(Br)cc2F)cc1. The molecule has 0 aromatic heterocycles. The van der Waals surface area contributed by atoms with Crippen molar-refractivity contribution in [3.05, 3.63) is 63.9 Å². The molecule has 2 rings (SSSR count). The molecule has 2 nitrogen and oxygen atoms in total. The van der Waals surface area contributed by atoms with E-state index in [0.717, 1.165) is 11.3 Å². The first kappa shape index (κ1) is 15.0. The number of benzene rings is 2. The fourth-order valence-corrected chi connectivity index (χ4v) is 2.36. The van der Waals surface area contributed by atoms with E-state index >= 15 is 0 Å². The number of rotatable bonds is 5. The van der Waals surface area contributed by atoms with E-state index in [2.05, 4.69) is 15.9 Å². The standard InChI is InChI=1S/C16H16BrFO2/c1-20-13-6-2-11(3-7-13)4-9-16(19)14-8-5-12(17)10-15(14)18/h2-3,5-8,10,16,19H,4,9H2,1H3. The molecular weight excluding hydrogens is 323 g/mol. The van der Waals surface area contributed by atoms with E-state index in [0.29, 0.717) is 22.9 Å². The van der Waals surface area contributed by atoms with Crippen LogP contribution in [0.3, 0.4) is 0 Å². The third kappa shape index (κ3) is 3.81. The first-order valence-corrected chi connectivity index (χ1v) is 7.15. The van der Waals surface area contributed by atoms with Crippen LogP contribution in [0, 0.1) is 5.82 Å². The predicted octanol–water partition coefficient (Wildman–Crippen LogP) is 4.26. The van der Waals surface area contributed by atoms with Crippen LogP contribution < -0.4 is 4.74 Å². The Morgan fingerprint density at radius 3 is 2.50 bits per heavy atom. The number of methoxy groups -OCH3 is 1. The Morgan fingerprint density at radius 1 is 1.20 bits per heavy atom. The van der Waals surface area contributed by atoms with E-state index in [9.17, 15) is 9.50 Å². The molecule has 1 atom stereocenters. The monoisotopic (exact) mass is 338 g/mol. The molecule has 0 amide bonds. The average molecular weight is 339 g/mol. The normalized spacial score (nSPS) is 12.2. The largest absolute Gasteiger partial charge is 0.497 e. The summed E-state index contributed by atoms with van der Waals surface area (Å²) in [5, 5.41) is 10.1. The van der Waals surface area contributed by atoms with Gasteiger partial charge in [0.1, 0.15) is 11.6 Å². The van der Waals surface area contributed by atoms with Crippen molar-refractivity contribution in [3.63, 3.8) is 0 Å². The molecule has 0 saturated heterocycles. The van der Waals surface area contributed by atoms with Gasteiger partial charge in [-0.25, -0.2) is 4.39 Å².